The van der Waals surface area contributed by atoms with E-state index >= 15 is 0 Å². The smallest absolute Gasteiger partial charge is 0.243 e. The van der Waals surface area contributed by atoms with Crippen LogP contribution in [-0.4, -0.2) is 41.9 Å². The minimum atomic E-state index is -3.55. The molecule has 0 unspecified atom stereocenters. The van der Waals surface area contributed by atoms with Gasteiger partial charge < -0.3 is 9.84 Å². The Balaban J connectivity index is 1.32. The quantitative estimate of drug-likeness (QED) is 0.562. The number of aryl methyl sites for hydroxylation is 1. The standard InChI is InChI=1S/C24H28N4O4S/c1-17-14-18(2)16-28(15-17)33(30,31)21-10-8-20(9-11-21)25-22(29)12-13-23-26-24(27-32-23)19-6-4-3-5-7-19/h3-11,17-18H,12-16H2,1-2H3,(H,25,29)/t17-,18-/m0/s1. The first-order valence-corrected chi connectivity index (χ1v) is 12.5. The molecule has 1 fully saturated rings. The van der Waals surface area contributed by atoms with Crippen LogP contribution < -0.4 is 5.32 Å². The Kier molecular flexibility index (Phi) is 6.90. The molecule has 1 aliphatic rings. The summed E-state index contributed by atoms with van der Waals surface area (Å²) in [7, 11) is -3.55. The molecule has 0 saturated carbocycles. The third-order valence-corrected chi connectivity index (χ3v) is 7.52. The van der Waals surface area contributed by atoms with E-state index in [1.807, 2.05) is 30.3 Å². The second-order valence-electron chi connectivity index (χ2n) is 8.72. The highest BCUT2D eigenvalue weighted by molar-refractivity contribution is 7.89. The van der Waals surface area contributed by atoms with E-state index in [1.165, 1.54) is 0 Å². The van der Waals surface area contributed by atoms with E-state index in [2.05, 4.69) is 29.3 Å². The number of amides is 1. The van der Waals surface area contributed by atoms with Crippen molar-refractivity contribution >= 4 is 21.6 Å². The van der Waals surface area contributed by atoms with Crippen molar-refractivity contribution in [2.75, 3.05) is 18.4 Å². The Morgan fingerprint density at radius 1 is 1.06 bits per heavy atom. The zero-order chi connectivity index (χ0) is 23.4. The molecule has 174 valence electrons. The molecule has 2 aromatic carbocycles. The van der Waals surface area contributed by atoms with Crippen LogP contribution in [0, 0.1) is 11.8 Å². The van der Waals surface area contributed by atoms with Crippen LogP contribution in [0.3, 0.4) is 0 Å². The van der Waals surface area contributed by atoms with Crippen molar-refractivity contribution < 1.29 is 17.7 Å². The topological polar surface area (TPSA) is 105 Å². The summed E-state index contributed by atoms with van der Waals surface area (Å²) in [5.41, 5.74) is 1.38. The molecule has 33 heavy (non-hydrogen) atoms. The molecule has 1 aliphatic heterocycles. The van der Waals surface area contributed by atoms with Crippen LogP contribution in [0.15, 0.2) is 64.0 Å². The van der Waals surface area contributed by atoms with Crippen LogP contribution in [-0.2, 0) is 21.2 Å². The molecule has 1 saturated heterocycles. The van der Waals surface area contributed by atoms with Gasteiger partial charge in [0.2, 0.25) is 27.6 Å². The largest absolute Gasteiger partial charge is 0.339 e. The summed E-state index contributed by atoms with van der Waals surface area (Å²) in [5.74, 6) is 1.33. The molecule has 2 atom stereocenters. The molecule has 2 heterocycles. The highest BCUT2D eigenvalue weighted by Crippen LogP contribution is 2.27. The number of carbonyl (C=O) groups is 1. The Hall–Kier alpha value is -3.04. The molecular formula is C24H28N4O4S. The maximum Gasteiger partial charge on any atom is 0.243 e. The summed E-state index contributed by atoms with van der Waals surface area (Å²) in [4.78, 5) is 16.9. The van der Waals surface area contributed by atoms with Gasteiger partial charge in [-0.25, -0.2) is 8.42 Å². The van der Waals surface area contributed by atoms with E-state index in [9.17, 15) is 13.2 Å². The van der Waals surface area contributed by atoms with Crippen molar-refractivity contribution in [1.82, 2.24) is 14.4 Å². The van der Waals surface area contributed by atoms with Crippen molar-refractivity contribution in [1.29, 1.82) is 0 Å². The number of aromatic nitrogens is 2. The summed E-state index contributed by atoms with van der Waals surface area (Å²) in [5, 5.41) is 6.74. The maximum absolute atomic E-state index is 13.0. The molecule has 9 heteroatoms. The van der Waals surface area contributed by atoms with E-state index in [1.54, 1.807) is 28.6 Å². The normalized spacial score (nSPS) is 19.3. The predicted molar refractivity (Wildman–Crippen MR) is 125 cm³/mol. The Morgan fingerprint density at radius 3 is 2.39 bits per heavy atom. The number of nitrogens with zero attached hydrogens (tertiary/aromatic N) is 3. The first-order chi connectivity index (χ1) is 15.8. The van der Waals surface area contributed by atoms with Crippen molar-refractivity contribution in [3.63, 3.8) is 0 Å². The van der Waals surface area contributed by atoms with Crippen molar-refractivity contribution in [2.45, 2.75) is 38.0 Å². The number of hydrogen-bond acceptors (Lipinski definition) is 6. The lowest BCUT2D eigenvalue weighted by molar-refractivity contribution is -0.116. The Bertz CT molecular complexity index is 1180. The van der Waals surface area contributed by atoms with Gasteiger partial charge in [-0.2, -0.15) is 9.29 Å². The Labute approximate surface area is 194 Å². The van der Waals surface area contributed by atoms with Crippen LogP contribution in [0.5, 0.6) is 0 Å². The van der Waals surface area contributed by atoms with Gasteiger partial charge in [-0.1, -0.05) is 49.3 Å². The number of nitrogens with one attached hydrogen (secondary N) is 1. The highest BCUT2D eigenvalue weighted by atomic mass is 32.2. The van der Waals surface area contributed by atoms with Gasteiger partial charge in [-0.3, -0.25) is 4.79 Å². The van der Waals surface area contributed by atoms with Gasteiger partial charge in [-0.05, 0) is 42.5 Å². The number of anilines is 1. The molecule has 0 bridgehead atoms. The second kappa shape index (κ2) is 9.84. The molecule has 3 aromatic rings. The van der Waals surface area contributed by atoms with Crippen molar-refractivity contribution in [3.8, 4) is 11.4 Å². The summed E-state index contributed by atoms with van der Waals surface area (Å²) < 4.78 is 32.8. The number of rotatable bonds is 7. The first-order valence-electron chi connectivity index (χ1n) is 11.1. The number of carbonyl (C=O) groups excluding carboxylic acids is 1. The minimum absolute atomic E-state index is 0.167. The lowest BCUT2D eigenvalue weighted by atomic mass is 9.94. The summed E-state index contributed by atoms with van der Waals surface area (Å²) in [6, 6.07) is 15.8. The van der Waals surface area contributed by atoms with Gasteiger partial charge >= 0.3 is 0 Å². The van der Waals surface area contributed by atoms with Crippen LogP contribution in [0.2, 0.25) is 0 Å². The molecule has 0 radical (unpaired) electrons. The number of benzene rings is 2. The summed E-state index contributed by atoms with van der Waals surface area (Å²) in [6.45, 7) is 5.22. The highest BCUT2D eigenvalue weighted by Gasteiger charge is 2.31. The predicted octanol–water partition coefficient (Wildman–Crippen LogP) is 3.97. The fraction of sp³-hybridized carbons (Fsp3) is 0.375. The molecule has 1 N–H and O–H groups in total. The lowest BCUT2D eigenvalue weighted by Gasteiger charge is -2.34. The number of piperidine rings is 1. The van der Waals surface area contributed by atoms with Crippen LogP contribution >= 0.6 is 0 Å². The van der Waals surface area contributed by atoms with E-state index in [-0.39, 0.29) is 17.2 Å². The molecular weight excluding hydrogens is 440 g/mol. The first kappa shape index (κ1) is 23.1. The van der Waals surface area contributed by atoms with Gasteiger partial charge in [0.15, 0.2) is 0 Å². The fourth-order valence-corrected chi connectivity index (χ4v) is 5.85. The van der Waals surface area contributed by atoms with Crippen LogP contribution in [0.4, 0.5) is 5.69 Å². The van der Waals surface area contributed by atoms with E-state index in [0.717, 1.165) is 12.0 Å². The Morgan fingerprint density at radius 2 is 1.73 bits per heavy atom. The lowest BCUT2D eigenvalue weighted by Crippen LogP contribution is -2.42. The van der Waals surface area contributed by atoms with E-state index in [0.29, 0.717) is 48.7 Å². The molecule has 1 amide bonds. The van der Waals surface area contributed by atoms with Crippen molar-refractivity contribution in [2.24, 2.45) is 11.8 Å². The minimum Gasteiger partial charge on any atom is -0.339 e. The van der Waals surface area contributed by atoms with E-state index in [4.69, 9.17) is 4.52 Å². The fourth-order valence-electron chi connectivity index (χ4n) is 4.17. The average molecular weight is 469 g/mol. The molecule has 4 rings (SSSR count). The second-order valence-corrected chi connectivity index (χ2v) is 10.7. The molecule has 1 aromatic heterocycles. The van der Waals surface area contributed by atoms with Gasteiger partial charge in [0.25, 0.3) is 0 Å². The van der Waals surface area contributed by atoms with Gasteiger partial charge in [-0.15, -0.1) is 0 Å². The number of hydrogen-bond donors (Lipinski definition) is 1. The van der Waals surface area contributed by atoms with Crippen molar-refractivity contribution in [3.05, 3.63) is 60.5 Å². The maximum atomic E-state index is 13.0. The average Bonchev–Trinajstić information content (AvgIpc) is 3.27. The summed E-state index contributed by atoms with van der Waals surface area (Å²) >= 11 is 0. The van der Waals surface area contributed by atoms with Crippen LogP contribution in [0.25, 0.3) is 11.4 Å². The molecule has 8 nitrogen and oxygen atoms in total. The zero-order valence-electron chi connectivity index (χ0n) is 18.8. The summed E-state index contributed by atoms with van der Waals surface area (Å²) in [6.07, 6.45) is 1.51. The molecule has 0 aliphatic carbocycles. The SMILES string of the molecule is C[C@H]1C[C@H](C)CN(S(=O)(=O)c2ccc(NC(=O)CCc3nc(-c4ccccc4)no3)cc2)C1. The van der Waals surface area contributed by atoms with Gasteiger partial charge in [0, 0.05) is 37.2 Å². The zero-order valence-corrected chi connectivity index (χ0v) is 19.6. The third kappa shape index (κ3) is 5.66. The monoisotopic (exact) mass is 468 g/mol. The number of sulfonamides is 1. The van der Waals surface area contributed by atoms with Gasteiger partial charge in [0.1, 0.15) is 0 Å². The van der Waals surface area contributed by atoms with E-state index < -0.39 is 10.0 Å². The third-order valence-electron chi connectivity index (χ3n) is 5.68. The van der Waals surface area contributed by atoms with Crippen LogP contribution in [0.1, 0.15) is 32.6 Å². The molecule has 0 spiro atoms. The van der Waals surface area contributed by atoms with Gasteiger partial charge in [0.05, 0.1) is 4.90 Å².